The topological polar surface area (TPSA) is 12.9 Å². The molecule has 66 valence electrons. The van der Waals surface area contributed by atoms with Gasteiger partial charge in [0.05, 0.1) is 5.69 Å². The Morgan fingerprint density at radius 1 is 1.31 bits per heavy atom. The maximum Gasteiger partial charge on any atom is 0.123 e. The van der Waals surface area contributed by atoms with E-state index in [9.17, 15) is 4.39 Å². The van der Waals surface area contributed by atoms with Gasteiger partial charge in [-0.1, -0.05) is 23.7 Å². The molecule has 4 heteroatoms. The Hall–Kier alpha value is -0.930. The molecule has 0 aliphatic carbocycles. The quantitative estimate of drug-likeness (QED) is 0.705. The third-order valence-corrected chi connectivity index (χ3v) is 2.50. The zero-order valence-electron chi connectivity index (χ0n) is 6.50. The summed E-state index contributed by atoms with van der Waals surface area (Å²) in [6.07, 6.45) is 0. The van der Waals surface area contributed by atoms with Gasteiger partial charge in [-0.15, -0.1) is 0 Å². The molecule has 13 heavy (non-hydrogen) atoms. The number of hydrogen-bond acceptors (Lipinski definition) is 2. The van der Waals surface area contributed by atoms with Crippen LogP contribution in [0.4, 0.5) is 4.39 Å². The summed E-state index contributed by atoms with van der Waals surface area (Å²) in [5, 5.41) is 0. The molecular formula is C9H5ClFNS. The van der Waals surface area contributed by atoms with Crippen LogP contribution < -0.4 is 0 Å². The van der Waals surface area contributed by atoms with Gasteiger partial charge in [0.15, 0.2) is 0 Å². The second kappa shape index (κ2) is 3.44. The summed E-state index contributed by atoms with van der Waals surface area (Å²) in [7, 11) is 0. The normalized spacial score (nSPS) is 10.3. The van der Waals surface area contributed by atoms with Crippen LogP contribution in [0.2, 0.25) is 4.34 Å². The van der Waals surface area contributed by atoms with Crippen LogP contribution in [0.1, 0.15) is 0 Å². The van der Waals surface area contributed by atoms with E-state index in [1.54, 1.807) is 18.2 Å². The molecule has 2 aromatic rings. The highest BCUT2D eigenvalue weighted by Gasteiger charge is 2.03. The summed E-state index contributed by atoms with van der Waals surface area (Å²) in [6, 6.07) is 8.01. The van der Waals surface area contributed by atoms with Crippen molar-refractivity contribution in [2.24, 2.45) is 0 Å². The van der Waals surface area contributed by atoms with Crippen molar-refractivity contribution in [2.75, 3.05) is 0 Å². The van der Waals surface area contributed by atoms with Gasteiger partial charge in [0.1, 0.15) is 10.2 Å². The van der Waals surface area contributed by atoms with E-state index in [-0.39, 0.29) is 5.82 Å². The molecule has 0 fully saturated rings. The van der Waals surface area contributed by atoms with E-state index in [2.05, 4.69) is 4.37 Å². The summed E-state index contributed by atoms with van der Waals surface area (Å²) in [6.45, 7) is 0. The van der Waals surface area contributed by atoms with Crippen LogP contribution in [0.15, 0.2) is 30.3 Å². The lowest BCUT2D eigenvalue weighted by molar-refractivity contribution is 0.628. The number of nitrogens with zero attached hydrogens (tertiary/aromatic N) is 1. The molecule has 0 atom stereocenters. The fourth-order valence-corrected chi connectivity index (χ4v) is 1.75. The number of rotatable bonds is 1. The van der Waals surface area contributed by atoms with Gasteiger partial charge in [0.2, 0.25) is 0 Å². The Balaban J connectivity index is 2.46. The zero-order valence-corrected chi connectivity index (χ0v) is 8.07. The molecule has 0 saturated heterocycles. The maximum atomic E-state index is 12.8. The monoisotopic (exact) mass is 213 g/mol. The van der Waals surface area contributed by atoms with Gasteiger partial charge in [-0.2, -0.15) is 4.37 Å². The summed E-state index contributed by atoms with van der Waals surface area (Å²) in [5.41, 5.74) is 1.47. The summed E-state index contributed by atoms with van der Waals surface area (Å²) in [5.74, 6) is -0.262. The highest BCUT2D eigenvalue weighted by molar-refractivity contribution is 7.10. The average Bonchev–Trinajstić information content (AvgIpc) is 2.52. The van der Waals surface area contributed by atoms with Gasteiger partial charge in [-0.3, -0.25) is 0 Å². The molecule has 0 saturated carbocycles. The molecule has 1 heterocycles. The van der Waals surface area contributed by atoms with E-state index in [1.807, 2.05) is 0 Å². The van der Waals surface area contributed by atoms with Crippen molar-refractivity contribution >= 4 is 23.1 Å². The number of aromatic nitrogens is 1. The van der Waals surface area contributed by atoms with Crippen LogP contribution in [-0.4, -0.2) is 4.37 Å². The molecule has 0 amide bonds. The lowest BCUT2D eigenvalue weighted by atomic mass is 10.1. The molecule has 0 aliphatic heterocycles. The minimum atomic E-state index is -0.262. The van der Waals surface area contributed by atoms with Crippen LogP contribution in [0, 0.1) is 5.82 Å². The number of hydrogen-bond donors (Lipinski definition) is 0. The summed E-state index contributed by atoms with van der Waals surface area (Å²) >= 11 is 6.91. The first-order chi connectivity index (χ1) is 6.25. The van der Waals surface area contributed by atoms with Gasteiger partial charge < -0.3 is 0 Å². The highest BCUT2D eigenvalue weighted by atomic mass is 35.5. The van der Waals surface area contributed by atoms with Gasteiger partial charge >= 0.3 is 0 Å². The smallest absolute Gasteiger partial charge is 0.123 e. The lowest BCUT2D eigenvalue weighted by Gasteiger charge is -1.94. The van der Waals surface area contributed by atoms with Crippen molar-refractivity contribution in [3.05, 3.63) is 40.5 Å². The Morgan fingerprint density at radius 3 is 2.77 bits per heavy atom. The maximum absolute atomic E-state index is 12.8. The first-order valence-electron chi connectivity index (χ1n) is 3.64. The minimum absolute atomic E-state index is 0.262. The van der Waals surface area contributed by atoms with Crippen LogP contribution in [-0.2, 0) is 0 Å². The van der Waals surface area contributed by atoms with Crippen LogP contribution in [0.25, 0.3) is 11.3 Å². The largest absolute Gasteiger partial charge is 0.207 e. The summed E-state index contributed by atoms with van der Waals surface area (Å²) in [4.78, 5) is 0. The average molecular weight is 214 g/mol. The second-order valence-corrected chi connectivity index (χ2v) is 3.96. The molecular weight excluding hydrogens is 209 g/mol. The number of halogens is 2. The summed E-state index contributed by atoms with van der Waals surface area (Å²) < 4.78 is 17.5. The Bertz CT molecular complexity index is 427. The van der Waals surface area contributed by atoms with Gasteiger partial charge in [-0.25, -0.2) is 4.39 Å². The van der Waals surface area contributed by atoms with E-state index in [4.69, 9.17) is 11.6 Å². The fraction of sp³-hybridized carbons (Fsp3) is 0. The van der Waals surface area contributed by atoms with Crippen molar-refractivity contribution in [2.45, 2.75) is 0 Å². The van der Waals surface area contributed by atoms with Crippen molar-refractivity contribution in [1.82, 2.24) is 4.37 Å². The van der Waals surface area contributed by atoms with E-state index < -0.39 is 0 Å². The molecule has 0 radical (unpaired) electrons. The first kappa shape index (κ1) is 8.66. The van der Waals surface area contributed by atoms with Crippen LogP contribution >= 0.6 is 23.1 Å². The predicted octanol–water partition coefficient (Wildman–Crippen LogP) is 3.60. The molecule has 0 spiro atoms. The lowest BCUT2D eigenvalue weighted by Crippen LogP contribution is -1.77. The van der Waals surface area contributed by atoms with E-state index in [0.29, 0.717) is 4.34 Å². The molecule has 2 rings (SSSR count). The van der Waals surface area contributed by atoms with Crippen LogP contribution in [0.5, 0.6) is 0 Å². The van der Waals surface area contributed by atoms with Crippen molar-refractivity contribution in [3.8, 4) is 11.3 Å². The third kappa shape index (κ3) is 1.87. The van der Waals surface area contributed by atoms with Gasteiger partial charge in [0, 0.05) is 5.56 Å². The molecule has 1 aromatic carbocycles. The Labute approximate surface area is 84.0 Å². The Morgan fingerprint density at radius 2 is 2.15 bits per heavy atom. The van der Waals surface area contributed by atoms with Gasteiger partial charge in [0.25, 0.3) is 0 Å². The Kier molecular flexibility index (Phi) is 2.29. The van der Waals surface area contributed by atoms with E-state index >= 15 is 0 Å². The molecule has 0 aliphatic rings. The van der Waals surface area contributed by atoms with Crippen LogP contribution in [0.3, 0.4) is 0 Å². The molecule has 1 nitrogen and oxygen atoms in total. The molecule has 1 aromatic heterocycles. The zero-order chi connectivity index (χ0) is 9.26. The minimum Gasteiger partial charge on any atom is -0.207 e. The highest BCUT2D eigenvalue weighted by Crippen LogP contribution is 2.25. The van der Waals surface area contributed by atoms with Crippen molar-refractivity contribution in [3.63, 3.8) is 0 Å². The number of benzene rings is 1. The van der Waals surface area contributed by atoms with Gasteiger partial charge in [-0.05, 0) is 29.7 Å². The SMILES string of the molecule is Fc1cccc(-c2cc(Cl)sn2)c1. The predicted molar refractivity (Wildman–Crippen MR) is 52.5 cm³/mol. The van der Waals surface area contributed by atoms with Crippen molar-refractivity contribution < 1.29 is 4.39 Å². The standard InChI is InChI=1S/C9H5ClFNS/c10-9-5-8(12-13-9)6-2-1-3-7(11)4-6/h1-5H. The van der Waals surface area contributed by atoms with Crippen molar-refractivity contribution in [1.29, 1.82) is 0 Å². The fourth-order valence-electron chi connectivity index (χ4n) is 1.04. The van der Waals surface area contributed by atoms with E-state index in [0.717, 1.165) is 11.3 Å². The van der Waals surface area contributed by atoms with E-state index in [1.165, 1.54) is 23.7 Å². The second-order valence-electron chi connectivity index (χ2n) is 2.53. The first-order valence-corrected chi connectivity index (χ1v) is 4.79. The molecule has 0 unspecified atom stereocenters. The third-order valence-electron chi connectivity index (χ3n) is 1.60. The molecule has 0 bridgehead atoms. The molecule has 0 N–H and O–H groups in total.